The van der Waals surface area contributed by atoms with Crippen LogP contribution in [0, 0.1) is 0 Å². The third-order valence-corrected chi connectivity index (χ3v) is 6.95. The number of hydrazine groups is 1. The minimum Gasteiger partial charge on any atom is -0.285 e. The van der Waals surface area contributed by atoms with Gasteiger partial charge in [0.25, 0.3) is 0 Å². The lowest BCUT2D eigenvalue weighted by Crippen LogP contribution is -2.51. The van der Waals surface area contributed by atoms with Crippen molar-refractivity contribution >= 4 is 44.0 Å². The first-order valence-electron chi connectivity index (χ1n) is 11.1. The van der Waals surface area contributed by atoms with Crippen LogP contribution in [0.3, 0.4) is 0 Å². The summed E-state index contributed by atoms with van der Waals surface area (Å²) in [4.78, 5) is 18.6. The molecule has 5 heteroatoms. The predicted octanol–water partition coefficient (Wildman–Crippen LogP) is 6.65. The van der Waals surface area contributed by atoms with Gasteiger partial charge in [-0.3, -0.25) is 15.2 Å². The van der Waals surface area contributed by atoms with Crippen molar-refractivity contribution in [2.75, 3.05) is 5.01 Å². The summed E-state index contributed by atoms with van der Waals surface area (Å²) >= 11 is 3.53. The number of Topliss-reactive ketones (excluding diaryl/α,β-unsaturated/α-hetero) is 1. The van der Waals surface area contributed by atoms with Gasteiger partial charge in [-0.2, -0.15) is 0 Å². The number of carbonyl (C=O) groups is 1. The highest BCUT2D eigenvalue weighted by Crippen LogP contribution is 2.38. The van der Waals surface area contributed by atoms with Crippen molar-refractivity contribution in [2.24, 2.45) is 4.99 Å². The standard InChI is InChI=1S/C26H26BrN3O/c27-22-12-14-23(15-13-22)30-26(16-6-2-1-3-7-17-26)28-25(29-30)24(31)21-11-10-19-8-4-5-9-20(19)18-21/h4-5,8-15,18H,1-3,6-7,16-17H2,(H,28,29). The summed E-state index contributed by atoms with van der Waals surface area (Å²) in [6.07, 6.45) is 7.87. The van der Waals surface area contributed by atoms with E-state index in [-0.39, 0.29) is 5.78 Å². The summed E-state index contributed by atoms with van der Waals surface area (Å²) in [5.74, 6) is 0.394. The summed E-state index contributed by atoms with van der Waals surface area (Å²) in [6, 6.07) is 22.2. The molecule has 4 nitrogen and oxygen atoms in total. The quantitative estimate of drug-likeness (QED) is 0.431. The number of ketones is 1. The van der Waals surface area contributed by atoms with E-state index in [1.807, 2.05) is 48.5 Å². The molecule has 1 fully saturated rings. The number of anilines is 1. The fourth-order valence-electron chi connectivity index (χ4n) is 4.76. The van der Waals surface area contributed by atoms with Crippen molar-refractivity contribution in [3.05, 3.63) is 76.8 Å². The summed E-state index contributed by atoms with van der Waals surface area (Å²) < 4.78 is 1.04. The molecule has 0 unspecified atom stereocenters. The van der Waals surface area contributed by atoms with Crippen LogP contribution < -0.4 is 10.4 Å². The van der Waals surface area contributed by atoms with Gasteiger partial charge in [-0.15, -0.1) is 0 Å². The maximum absolute atomic E-state index is 13.5. The monoisotopic (exact) mass is 475 g/mol. The molecule has 0 atom stereocenters. The van der Waals surface area contributed by atoms with Gasteiger partial charge in [0, 0.05) is 10.0 Å². The van der Waals surface area contributed by atoms with Crippen LogP contribution in [0.4, 0.5) is 5.69 Å². The predicted molar refractivity (Wildman–Crippen MR) is 131 cm³/mol. The number of nitrogens with zero attached hydrogens (tertiary/aromatic N) is 2. The number of amidine groups is 1. The molecule has 158 valence electrons. The lowest BCUT2D eigenvalue weighted by atomic mass is 9.90. The normalized spacial score (nSPS) is 18.4. The van der Waals surface area contributed by atoms with Gasteiger partial charge >= 0.3 is 0 Å². The lowest BCUT2D eigenvalue weighted by Gasteiger charge is -2.38. The molecule has 2 aliphatic rings. The number of nitrogens with one attached hydrogen (secondary N) is 1. The maximum Gasteiger partial charge on any atom is 0.229 e. The number of carbonyl (C=O) groups excluding carboxylic acids is 1. The summed E-state index contributed by atoms with van der Waals surface area (Å²) in [5, 5.41) is 4.34. The Labute approximate surface area is 191 Å². The Morgan fingerprint density at radius 2 is 1.55 bits per heavy atom. The van der Waals surface area contributed by atoms with Gasteiger partial charge in [0.1, 0.15) is 0 Å². The van der Waals surface area contributed by atoms with Gasteiger partial charge in [-0.1, -0.05) is 71.6 Å². The zero-order chi connectivity index (χ0) is 21.3. The second-order valence-corrected chi connectivity index (χ2v) is 9.44. The van der Waals surface area contributed by atoms with Gasteiger partial charge < -0.3 is 0 Å². The molecule has 1 saturated carbocycles. The third kappa shape index (κ3) is 3.99. The molecule has 31 heavy (non-hydrogen) atoms. The van der Waals surface area contributed by atoms with Crippen LogP contribution in [0.2, 0.25) is 0 Å². The molecule has 3 aromatic carbocycles. The van der Waals surface area contributed by atoms with E-state index in [2.05, 4.69) is 44.6 Å². The molecule has 0 amide bonds. The first kappa shape index (κ1) is 20.3. The Hall–Kier alpha value is -2.66. The minimum atomic E-state index is -0.407. The zero-order valence-corrected chi connectivity index (χ0v) is 19.1. The largest absolute Gasteiger partial charge is 0.285 e. The van der Waals surface area contributed by atoms with Gasteiger partial charge in [-0.25, -0.2) is 4.99 Å². The molecular formula is C26H26BrN3O. The SMILES string of the molecule is O=C(C1=NC2(CCCCCCC2)N(c2ccc(Br)cc2)N1)c1ccc2ccccc2c1. The van der Waals surface area contributed by atoms with Crippen molar-refractivity contribution < 1.29 is 4.79 Å². The Balaban J connectivity index is 1.52. The van der Waals surface area contributed by atoms with Crippen molar-refractivity contribution in [1.82, 2.24) is 5.43 Å². The number of benzene rings is 3. The molecule has 1 aliphatic heterocycles. The van der Waals surface area contributed by atoms with E-state index in [0.717, 1.165) is 46.6 Å². The summed E-state index contributed by atoms with van der Waals surface area (Å²) in [6.45, 7) is 0. The molecular weight excluding hydrogens is 450 g/mol. The van der Waals surface area contributed by atoms with E-state index in [9.17, 15) is 4.79 Å². The fraction of sp³-hybridized carbons (Fsp3) is 0.308. The van der Waals surface area contributed by atoms with Crippen molar-refractivity contribution in [1.29, 1.82) is 0 Å². The van der Waals surface area contributed by atoms with Crippen LogP contribution in [-0.2, 0) is 0 Å². The Morgan fingerprint density at radius 3 is 2.29 bits per heavy atom. The maximum atomic E-state index is 13.5. The van der Waals surface area contributed by atoms with Crippen LogP contribution in [0.1, 0.15) is 55.3 Å². The number of aliphatic imine (C=N–C) groups is 1. The van der Waals surface area contributed by atoms with Crippen molar-refractivity contribution in [3.63, 3.8) is 0 Å². The van der Waals surface area contributed by atoms with Crippen molar-refractivity contribution in [3.8, 4) is 0 Å². The fourth-order valence-corrected chi connectivity index (χ4v) is 5.03. The molecule has 3 aromatic rings. The lowest BCUT2D eigenvalue weighted by molar-refractivity contribution is 0.106. The highest BCUT2D eigenvalue weighted by molar-refractivity contribution is 9.10. The molecule has 5 rings (SSSR count). The topological polar surface area (TPSA) is 44.7 Å². The number of hydrogen-bond acceptors (Lipinski definition) is 4. The zero-order valence-electron chi connectivity index (χ0n) is 17.5. The van der Waals surface area contributed by atoms with Crippen LogP contribution in [0.25, 0.3) is 10.8 Å². The molecule has 0 aromatic heterocycles. The molecule has 1 spiro atoms. The van der Waals surface area contributed by atoms with Gasteiger partial charge in [-0.05, 0) is 66.8 Å². The molecule has 1 N–H and O–H groups in total. The second kappa shape index (κ2) is 8.46. The molecule has 0 saturated heterocycles. The van der Waals surface area contributed by atoms with E-state index in [1.54, 1.807) is 0 Å². The van der Waals surface area contributed by atoms with E-state index >= 15 is 0 Å². The van der Waals surface area contributed by atoms with Gasteiger partial charge in [0.15, 0.2) is 11.5 Å². The van der Waals surface area contributed by atoms with E-state index < -0.39 is 5.66 Å². The highest BCUT2D eigenvalue weighted by atomic mass is 79.9. The summed E-state index contributed by atoms with van der Waals surface area (Å²) in [5.41, 5.74) is 4.70. The smallest absolute Gasteiger partial charge is 0.229 e. The second-order valence-electron chi connectivity index (χ2n) is 8.53. The average molecular weight is 476 g/mol. The van der Waals surface area contributed by atoms with E-state index in [4.69, 9.17) is 4.99 Å². The number of rotatable bonds is 3. The number of halogens is 1. The van der Waals surface area contributed by atoms with Crippen LogP contribution >= 0.6 is 15.9 Å². The van der Waals surface area contributed by atoms with Gasteiger partial charge in [0.05, 0.1) is 5.69 Å². The Bertz CT molecular complexity index is 1130. The van der Waals surface area contributed by atoms with Crippen LogP contribution in [0.15, 0.2) is 76.2 Å². The van der Waals surface area contributed by atoms with Crippen molar-refractivity contribution in [2.45, 2.75) is 50.6 Å². The first-order valence-corrected chi connectivity index (χ1v) is 11.9. The summed E-state index contributed by atoms with van der Waals surface area (Å²) in [7, 11) is 0. The van der Waals surface area contributed by atoms with E-state index in [1.165, 1.54) is 19.3 Å². The van der Waals surface area contributed by atoms with Crippen LogP contribution in [0.5, 0.6) is 0 Å². The minimum absolute atomic E-state index is 0.0493. The van der Waals surface area contributed by atoms with Gasteiger partial charge in [0.2, 0.25) is 5.78 Å². The van der Waals surface area contributed by atoms with E-state index in [0.29, 0.717) is 11.4 Å². The number of fused-ring (bicyclic) bond motifs is 1. The first-order chi connectivity index (χ1) is 15.1. The molecule has 0 radical (unpaired) electrons. The molecule has 0 bridgehead atoms. The Kier molecular flexibility index (Phi) is 5.53. The number of hydrogen-bond donors (Lipinski definition) is 1. The van der Waals surface area contributed by atoms with Crippen LogP contribution in [-0.4, -0.2) is 17.3 Å². The molecule has 1 aliphatic carbocycles. The average Bonchev–Trinajstić information content (AvgIpc) is 3.16. The third-order valence-electron chi connectivity index (χ3n) is 6.42. The highest BCUT2D eigenvalue weighted by Gasteiger charge is 2.43. The Morgan fingerprint density at radius 1 is 0.871 bits per heavy atom. The molecule has 1 heterocycles.